The van der Waals surface area contributed by atoms with Crippen molar-refractivity contribution in [1.29, 1.82) is 0 Å². The van der Waals surface area contributed by atoms with Crippen LogP contribution in [0.1, 0.15) is 30.0 Å². The third-order valence-electron chi connectivity index (χ3n) is 3.09. The molecule has 0 saturated heterocycles. The summed E-state index contributed by atoms with van der Waals surface area (Å²) in [4.78, 5) is 11.7. The first-order chi connectivity index (χ1) is 8.04. The number of carbonyl (C=O) groups is 1. The molecule has 0 bridgehead atoms. The average molecular weight is 234 g/mol. The maximum Gasteiger partial charge on any atom is 0.223 e. The fraction of sp³-hybridized carbons (Fsp3) is 0.500. The van der Waals surface area contributed by atoms with Crippen LogP contribution in [0.4, 0.5) is 0 Å². The Balaban J connectivity index is 2.50. The molecule has 3 nitrogen and oxygen atoms in total. The molecule has 1 unspecified atom stereocenters. The summed E-state index contributed by atoms with van der Waals surface area (Å²) in [6.07, 6.45) is 0.735. The second-order valence-electron chi connectivity index (χ2n) is 4.61. The highest BCUT2D eigenvalue weighted by molar-refractivity contribution is 5.78. The molecule has 0 aromatic heterocycles. The number of nitrogens with two attached hydrogens (primary N) is 1. The van der Waals surface area contributed by atoms with Crippen LogP contribution in [-0.2, 0) is 11.3 Å². The van der Waals surface area contributed by atoms with E-state index in [1.807, 2.05) is 6.92 Å². The molecular weight excluding hydrogens is 212 g/mol. The summed E-state index contributed by atoms with van der Waals surface area (Å²) < 4.78 is 0. The summed E-state index contributed by atoms with van der Waals surface area (Å²) in [6.45, 7) is 7.22. The van der Waals surface area contributed by atoms with Crippen LogP contribution >= 0.6 is 0 Å². The van der Waals surface area contributed by atoms with Crippen LogP contribution in [0.2, 0.25) is 0 Å². The van der Waals surface area contributed by atoms with E-state index >= 15 is 0 Å². The minimum Gasteiger partial charge on any atom is -0.352 e. The third kappa shape index (κ3) is 4.19. The molecular formula is C14H22N2O. The van der Waals surface area contributed by atoms with Crippen LogP contribution in [0.3, 0.4) is 0 Å². The van der Waals surface area contributed by atoms with Gasteiger partial charge in [-0.05, 0) is 43.5 Å². The summed E-state index contributed by atoms with van der Waals surface area (Å²) in [5, 5.41) is 2.94. The van der Waals surface area contributed by atoms with Crippen molar-refractivity contribution in [1.82, 2.24) is 5.32 Å². The number of hydrogen-bond donors (Lipinski definition) is 2. The number of nitrogens with one attached hydrogen (secondary N) is 1. The average Bonchev–Trinajstić information content (AvgIpc) is 2.30. The van der Waals surface area contributed by atoms with Crippen molar-refractivity contribution in [2.75, 3.05) is 6.54 Å². The fourth-order valence-corrected chi connectivity index (χ4v) is 1.66. The van der Waals surface area contributed by atoms with E-state index in [2.05, 4.69) is 37.4 Å². The second-order valence-corrected chi connectivity index (χ2v) is 4.61. The Morgan fingerprint density at radius 3 is 2.65 bits per heavy atom. The van der Waals surface area contributed by atoms with Gasteiger partial charge in [-0.25, -0.2) is 0 Å². The summed E-state index contributed by atoms with van der Waals surface area (Å²) >= 11 is 0. The predicted molar refractivity (Wildman–Crippen MR) is 70.6 cm³/mol. The van der Waals surface area contributed by atoms with Crippen molar-refractivity contribution in [3.63, 3.8) is 0 Å². The van der Waals surface area contributed by atoms with Gasteiger partial charge in [0.05, 0.1) is 0 Å². The maximum absolute atomic E-state index is 11.7. The highest BCUT2D eigenvalue weighted by Crippen LogP contribution is 2.10. The third-order valence-corrected chi connectivity index (χ3v) is 3.09. The Kier molecular flexibility index (Phi) is 5.16. The molecule has 1 rings (SSSR count). The van der Waals surface area contributed by atoms with Crippen molar-refractivity contribution in [2.24, 2.45) is 11.7 Å². The lowest BCUT2D eigenvalue weighted by atomic mass is 10.1. The van der Waals surface area contributed by atoms with Crippen molar-refractivity contribution in [2.45, 2.75) is 33.7 Å². The van der Waals surface area contributed by atoms with E-state index in [0.29, 0.717) is 13.1 Å². The standard InChI is InChI=1S/C14H22N2O/c1-10-4-5-13(8-12(10)3)9-16-14(17)11(2)6-7-15/h4-5,8,11H,6-7,9,15H2,1-3H3,(H,16,17). The van der Waals surface area contributed by atoms with Gasteiger partial charge in [-0.3, -0.25) is 4.79 Å². The fourth-order valence-electron chi connectivity index (χ4n) is 1.66. The number of rotatable bonds is 5. The maximum atomic E-state index is 11.7. The zero-order valence-corrected chi connectivity index (χ0v) is 10.9. The Morgan fingerprint density at radius 1 is 1.35 bits per heavy atom. The van der Waals surface area contributed by atoms with Crippen LogP contribution in [0.15, 0.2) is 18.2 Å². The van der Waals surface area contributed by atoms with Crippen LogP contribution in [0.5, 0.6) is 0 Å². The summed E-state index contributed by atoms with van der Waals surface area (Å²) in [6, 6.07) is 6.25. The molecule has 3 N–H and O–H groups in total. The quantitative estimate of drug-likeness (QED) is 0.817. The molecule has 1 amide bonds. The van der Waals surface area contributed by atoms with Gasteiger partial charge in [0, 0.05) is 12.5 Å². The topological polar surface area (TPSA) is 55.1 Å². The summed E-state index contributed by atoms with van der Waals surface area (Å²) in [5.74, 6) is 0.0697. The van der Waals surface area contributed by atoms with Gasteiger partial charge in [-0.2, -0.15) is 0 Å². The van der Waals surface area contributed by atoms with Crippen LogP contribution in [-0.4, -0.2) is 12.5 Å². The smallest absolute Gasteiger partial charge is 0.223 e. The van der Waals surface area contributed by atoms with Crippen molar-refractivity contribution < 1.29 is 4.79 Å². The van der Waals surface area contributed by atoms with E-state index in [1.165, 1.54) is 11.1 Å². The van der Waals surface area contributed by atoms with E-state index in [0.717, 1.165) is 12.0 Å². The Hall–Kier alpha value is -1.35. The molecule has 0 aliphatic heterocycles. The van der Waals surface area contributed by atoms with E-state index in [4.69, 9.17) is 5.73 Å². The largest absolute Gasteiger partial charge is 0.352 e. The molecule has 1 aromatic carbocycles. The summed E-state index contributed by atoms with van der Waals surface area (Å²) in [5.41, 5.74) is 9.10. The highest BCUT2D eigenvalue weighted by atomic mass is 16.1. The van der Waals surface area contributed by atoms with Gasteiger partial charge in [0.15, 0.2) is 0 Å². The van der Waals surface area contributed by atoms with Crippen LogP contribution in [0, 0.1) is 19.8 Å². The number of amides is 1. The Labute approximate surface area is 103 Å². The monoisotopic (exact) mass is 234 g/mol. The molecule has 0 radical (unpaired) electrons. The van der Waals surface area contributed by atoms with Crippen LogP contribution < -0.4 is 11.1 Å². The van der Waals surface area contributed by atoms with Crippen molar-refractivity contribution >= 4 is 5.91 Å². The van der Waals surface area contributed by atoms with Gasteiger partial charge in [-0.1, -0.05) is 25.1 Å². The minimum atomic E-state index is -0.00783. The minimum absolute atomic E-state index is 0.00783. The van der Waals surface area contributed by atoms with E-state index < -0.39 is 0 Å². The van der Waals surface area contributed by atoms with Gasteiger partial charge in [0.1, 0.15) is 0 Å². The SMILES string of the molecule is Cc1ccc(CNC(=O)C(C)CCN)cc1C. The number of carbonyl (C=O) groups excluding carboxylic acids is 1. The molecule has 0 spiro atoms. The zero-order chi connectivity index (χ0) is 12.8. The van der Waals surface area contributed by atoms with Gasteiger partial charge >= 0.3 is 0 Å². The molecule has 0 saturated carbocycles. The van der Waals surface area contributed by atoms with Gasteiger partial charge in [0.25, 0.3) is 0 Å². The molecule has 94 valence electrons. The number of hydrogen-bond acceptors (Lipinski definition) is 2. The first kappa shape index (κ1) is 13.7. The first-order valence-corrected chi connectivity index (χ1v) is 6.08. The molecule has 0 fully saturated rings. The van der Waals surface area contributed by atoms with Crippen molar-refractivity contribution in [3.05, 3.63) is 34.9 Å². The molecule has 0 aliphatic carbocycles. The van der Waals surface area contributed by atoms with Gasteiger partial charge in [-0.15, -0.1) is 0 Å². The molecule has 0 heterocycles. The Bertz CT molecular complexity index is 388. The molecule has 3 heteroatoms. The van der Waals surface area contributed by atoms with E-state index in [1.54, 1.807) is 0 Å². The highest BCUT2D eigenvalue weighted by Gasteiger charge is 2.10. The second kappa shape index (κ2) is 6.40. The lowest BCUT2D eigenvalue weighted by Gasteiger charge is -2.11. The van der Waals surface area contributed by atoms with Crippen LogP contribution in [0.25, 0.3) is 0 Å². The zero-order valence-electron chi connectivity index (χ0n) is 10.9. The van der Waals surface area contributed by atoms with Gasteiger partial charge < -0.3 is 11.1 Å². The Morgan fingerprint density at radius 2 is 2.06 bits per heavy atom. The normalized spacial score (nSPS) is 12.2. The molecule has 1 aromatic rings. The predicted octanol–water partition coefficient (Wildman–Crippen LogP) is 1.90. The van der Waals surface area contributed by atoms with Gasteiger partial charge in [0.2, 0.25) is 5.91 Å². The summed E-state index contributed by atoms with van der Waals surface area (Å²) in [7, 11) is 0. The van der Waals surface area contributed by atoms with E-state index in [-0.39, 0.29) is 11.8 Å². The molecule has 1 atom stereocenters. The molecule has 0 aliphatic rings. The van der Waals surface area contributed by atoms with E-state index in [9.17, 15) is 4.79 Å². The lowest BCUT2D eigenvalue weighted by molar-refractivity contribution is -0.124. The first-order valence-electron chi connectivity index (χ1n) is 6.08. The lowest BCUT2D eigenvalue weighted by Crippen LogP contribution is -2.29. The number of benzene rings is 1. The van der Waals surface area contributed by atoms with Crippen molar-refractivity contribution in [3.8, 4) is 0 Å². The number of aryl methyl sites for hydroxylation is 2. The molecule has 17 heavy (non-hydrogen) atoms.